The SMILES string of the molecule is Cc1ccc(F)cc1NC(=O)c1c(O)c2c3c(sc2[nH]c1=O)C[C@@H](C)CC3. The summed E-state index contributed by atoms with van der Waals surface area (Å²) in [7, 11) is 0. The minimum Gasteiger partial charge on any atom is -0.506 e. The van der Waals surface area contributed by atoms with Crippen LogP contribution < -0.4 is 10.9 Å². The number of nitrogens with one attached hydrogen (secondary N) is 2. The molecule has 2 heterocycles. The Morgan fingerprint density at radius 1 is 1.41 bits per heavy atom. The van der Waals surface area contributed by atoms with Crippen molar-refractivity contribution in [2.24, 2.45) is 5.92 Å². The number of carbonyl (C=O) groups excluding carboxylic acids is 1. The average Bonchev–Trinajstić information content (AvgIpc) is 2.95. The molecule has 1 aliphatic rings. The third-order valence-corrected chi connectivity index (χ3v) is 6.28. The van der Waals surface area contributed by atoms with Crippen LogP contribution in [0.15, 0.2) is 23.0 Å². The summed E-state index contributed by atoms with van der Waals surface area (Å²) < 4.78 is 13.5. The Labute approximate surface area is 158 Å². The number of benzene rings is 1. The van der Waals surface area contributed by atoms with Gasteiger partial charge in [0.05, 0.1) is 5.39 Å². The quantitative estimate of drug-likeness (QED) is 0.620. The van der Waals surface area contributed by atoms with Gasteiger partial charge in [-0.25, -0.2) is 4.39 Å². The summed E-state index contributed by atoms with van der Waals surface area (Å²) in [6, 6.07) is 4.01. The summed E-state index contributed by atoms with van der Waals surface area (Å²) in [5, 5.41) is 13.9. The van der Waals surface area contributed by atoms with E-state index in [0.717, 1.165) is 29.7 Å². The highest BCUT2D eigenvalue weighted by Crippen LogP contribution is 2.41. The van der Waals surface area contributed by atoms with Gasteiger partial charge in [-0.2, -0.15) is 0 Å². The normalized spacial score (nSPS) is 16.3. The number of aromatic hydroxyl groups is 1. The maximum absolute atomic E-state index is 13.5. The highest BCUT2D eigenvalue weighted by atomic mass is 32.1. The fourth-order valence-corrected chi connectivity index (χ4v) is 5.02. The molecule has 3 N–H and O–H groups in total. The molecule has 1 aliphatic carbocycles. The first kappa shape index (κ1) is 17.7. The third kappa shape index (κ3) is 3.02. The van der Waals surface area contributed by atoms with Gasteiger partial charge in [-0.3, -0.25) is 9.59 Å². The van der Waals surface area contributed by atoms with E-state index < -0.39 is 17.3 Å². The van der Waals surface area contributed by atoms with E-state index in [9.17, 15) is 19.1 Å². The predicted octanol–water partition coefficient (Wildman–Crippen LogP) is 4.12. The van der Waals surface area contributed by atoms with E-state index in [2.05, 4.69) is 17.2 Å². The van der Waals surface area contributed by atoms with Gasteiger partial charge >= 0.3 is 0 Å². The number of thiophene rings is 1. The third-order valence-electron chi connectivity index (χ3n) is 5.11. The molecule has 3 aromatic rings. The molecule has 1 aromatic carbocycles. The Bertz CT molecular complexity index is 1130. The van der Waals surface area contributed by atoms with E-state index in [-0.39, 0.29) is 17.0 Å². The van der Waals surface area contributed by atoms with Crippen molar-refractivity contribution in [3.05, 3.63) is 55.9 Å². The summed E-state index contributed by atoms with van der Waals surface area (Å²) >= 11 is 1.46. The zero-order valence-electron chi connectivity index (χ0n) is 15.0. The number of H-pyrrole nitrogens is 1. The van der Waals surface area contributed by atoms with Crippen LogP contribution in [-0.2, 0) is 12.8 Å². The van der Waals surface area contributed by atoms with Crippen molar-refractivity contribution in [3.63, 3.8) is 0 Å². The lowest BCUT2D eigenvalue weighted by atomic mass is 9.89. The molecule has 1 amide bonds. The number of halogens is 1. The number of amides is 1. The minimum absolute atomic E-state index is 0.264. The minimum atomic E-state index is -0.756. The van der Waals surface area contributed by atoms with Crippen molar-refractivity contribution < 1.29 is 14.3 Å². The molecule has 0 fully saturated rings. The molecule has 0 saturated carbocycles. The molecule has 0 radical (unpaired) electrons. The molecular weight excluding hydrogens is 367 g/mol. The van der Waals surface area contributed by atoms with Crippen molar-refractivity contribution >= 4 is 33.1 Å². The van der Waals surface area contributed by atoms with Crippen LogP contribution in [0.25, 0.3) is 10.2 Å². The van der Waals surface area contributed by atoms with Crippen LogP contribution in [0.5, 0.6) is 5.75 Å². The van der Waals surface area contributed by atoms with Crippen LogP contribution >= 0.6 is 11.3 Å². The Balaban J connectivity index is 1.81. The molecule has 7 heteroatoms. The number of aromatic amines is 1. The van der Waals surface area contributed by atoms with Crippen LogP contribution in [0.2, 0.25) is 0 Å². The molecule has 1 atom stereocenters. The first-order valence-electron chi connectivity index (χ1n) is 8.82. The molecule has 140 valence electrons. The largest absolute Gasteiger partial charge is 0.506 e. The first-order chi connectivity index (χ1) is 12.8. The van der Waals surface area contributed by atoms with Crippen molar-refractivity contribution in [2.45, 2.75) is 33.1 Å². The predicted molar refractivity (Wildman–Crippen MR) is 104 cm³/mol. The van der Waals surface area contributed by atoms with Crippen LogP contribution in [0.1, 0.15) is 39.7 Å². The van der Waals surface area contributed by atoms with E-state index in [0.29, 0.717) is 21.7 Å². The molecule has 5 nitrogen and oxygen atoms in total. The highest BCUT2D eigenvalue weighted by molar-refractivity contribution is 7.18. The van der Waals surface area contributed by atoms with Gasteiger partial charge in [-0.15, -0.1) is 11.3 Å². The molecule has 0 saturated heterocycles. The fourth-order valence-electron chi connectivity index (χ4n) is 3.61. The Kier molecular flexibility index (Phi) is 4.26. The second kappa shape index (κ2) is 6.49. The van der Waals surface area contributed by atoms with Gasteiger partial charge in [0.1, 0.15) is 22.0 Å². The van der Waals surface area contributed by atoms with Gasteiger partial charge in [0.2, 0.25) is 0 Å². The highest BCUT2D eigenvalue weighted by Gasteiger charge is 2.27. The number of pyridine rings is 1. The number of hydrogen-bond donors (Lipinski definition) is 3. The van der Waals surface area contributed by atoms with Crippen molar-refractivity contribution in [1.82, 2.24) is 4.98 Å². The lowest BCUT2D eigenvalue weighted by Gasteiger charge is -2.18. The Hall–Kier alpha value is -2.67. The smallest absolute Gasteiger partial charge is 0.265 e. The summed E-state index contributed by atoms with van der Waals surface area (Å²) in [6.45, 7) is 3.90. The summed E-state index contributed by atoms with van der Waals surface area (Å²) in [5.41, 5.74) is 0.935. The number of carbonyl (C=O) groups is 1. The molecule has 2 aromatic heterocycles. The molecular formula is C20H19FN2O3S. The van der Waals surface area contributed by atoms with Gasteiger partial charge in [0.25, 0.3) is 11.5 Å². The van der Waals surface area contributed by atoms with Crippen LogP contribution in [0.4, 0.5) is 10.1 Å². The lowest BCUT2D eigenvalue weighted by Crippen LogP contribution is -2.23. The van der Waals surface area contributed by atoms with E-state index in [1.54, 1.807) is 6.92 Å². The second-order valence-electron chi connectivity index (χ2n) is 7.15. The van der Waals surface area contributed by atoms with E-state index >= 15 is 0 Å². The summed E-state index contributed by atoms with van der Waals surface area (Å²) in [4.78, 5) is 29.6. The number of rotatable bonds is 2. The molecule has 4 rings (SSSR count). The molecule has 27 heavy (non-hydrogen) atoms. The maximum atomic E-state index is 13.5. The number of aromatic nitrogens is 1. The second-order valence-corrected chi connectivity index (χ2v) is 8.25. The number of hydrogen-bond acceptors (Lipinski definition) is 4. The average molecular weight is 386 g/mol. The standard InChI is InChI=1S/C20H19FN2O3S/c1-9-3-6-12-14(7-9)27-20-15(12)17(24)16(19(26)23-20)18(25)22-13-8-11(21)5-4-10(13)2/h4-5,8-9H,3,6-7H2,1-2H3,(H,22,25)(H2,23,24,26)/t9-/m0/s1. The van der Waals surface area contributed by atoms with Crippen molar-refractivity contribution in [1.29, 1.82) is 0 Å². The van der Waals surface area contributed by atoms with Crippen molar-refractivity contribution in [2.75, 3.05) is 5.32 Å². The van der Waals surface area contributed by atoms with E-state index in [1.807, 2.05) is 0 Å². The Morgan fingerprint density at radius 3 is 2.96 bits per heavy atom. The van der Waals surface area contributed by atoms with E-state index in [1.165, 1.54) is 29.5 Å². The summed E-state index contributed by atoms with van der Waals surface area (Å²) in [6.07, 6.45) is 2.71. The van der Waals surface area contributed by atoms with Crippen LogP contribution in [-0.4, -0.2) is 16.0 Å². The number of anilines is 1. The fraction of sp³-hybridized carbons (Fsp3) is 0.300. The van der Waals surface area contributed by atoms with Crippen molar-refractivity contribution in [3.8, 4) is 5.75 Å². The first-order valence-corrected chi connectivity index (χ1v) is 9.63. The lowest BCUT2D eigenvalue weighted by molar-refractivity contribution is 0.102. The maximum Gasteiger partial charge on any atom is 0.265 e. The van der Waals surface area contributed by atoms with Gasteiger partial charge in [-0.1, -0.05) is 13.0 Å². The van der Waals surface area contributed by atoms with Gasteiger partial charge in [-0.05, 0) is 55.4 Å². The molecule has 0 spiro atoms. The number of fused-ring (bicyclic) bond motifs is 3. The van der Waals surface area contributed by atoms with Crippen LogP contribution in [0, 0.1) is 18.7 Å². The van der Waals surface area contributed by atoms with E-state index in [4.69, 9.17) is 0 Å². The van der Waals surface area contributed by atoms with Gasteiger partial charge in [0.15, 0.2) is 0 Å². The molecule has 0 unspecified atom stereocenters. The monoisotopic (exact) mass is 386 g/mol. The number of aryl methyl sites for hydroxylation is 2. The topological polar surface area (TPSA) is 82.2 Å². The zero-order chi connectivity index (χ0) is 19.3. The van der Waals surface area contributed by atoms with Crippen LogP contribution in [0.3, 0.4) is 0 Å². The Morgan fingerprint density at radius 2 is 2.19 bits per heavy atom. The summed E-state index contributed by atoms with van der Waals surface area (Å²) in [5.74, 6) is -0.996. The van der Waals surface area contributed by atoms with Gasteiger partial charge < -0.3 is 15.4 Å². The molecule has 0 bridgehead atoms. The molecule has 0 aliphatic heterocycles. The van der Waals surface area contributed by atoms with Gasteiger partial charge in [0, 0.05) is 10.6 Å². The zero-order valence-corrected chi connectivity index (χ0v) is 15.8.